The van der Waals surface area contributed by atoms with Crippen LogP contribution in [-0.2, 0) is 6.42 Å². The van der Waals surface area contributed by atoms with E-state index in [9.17, 15) is 0 Å². The van der Waals surface area contributed by atoms with Gasteiger partial charge in [-0.25, -0.2) is 4.98 Å². The van der Waals surface area contributed by atoms with E-state index in [0.717, 1.165) is 31.7 Å². The van der Waals surface area contributed by atoms with Crippen LogP contribution in [0.15, 0.2) is 42.7 Å². The van der Waals surface area contributed by atoms with E-state index < -0.39 is 0 Å². The molecule has 3 aromatic rings. The number of rotatable bonds is 7. The molecular weight excluding hydrogens is 274 g/mol. The maximum absolute atomic E-state index is 4.45. The highest BCUT2D eigenvalue weighted by Gasteiger charge is 2.03. The van der Waals surface area contributed by atoms with E-state index >= 15 is 0 Å². The number of H-pyrrole nitrogens is 1. The number of aromatic nitrogens is 3. The van der Waals surface area contributed by atoms with Crippen molar-refractivity contribution in [2.45, 2.75) is 19.8 Å². The Labute approximate surface area is 130 Å². The van der Waals surface area contributed by atoms with Crippen molar-refractivity contribution in [1.82, 2.24) is 15.0 Å². The molecule has 0 bridgehead atoms. The van der Waals surface area contributed by atoms with Crippen molar-refractivity contribution in [2.24, 2.45) is 0 Å². The predicted octanol–water partition coefficient (Wildman–Crippen LogP) is 3.43. The van der Waals surface area contributed by atoms with Crippen molar-refractivity contribution in [3.8, 4) is 0 Å². The Morgan fingerprint density at radius 2 is 2.00 bits per heavy atom. The van der Waals surface area contributed by atoms with Gasteiger partial charge < -0.3 is 15.6 Å². The molecule has 0 spiro atoms. The van der Waals surface area contributed by atoms with Crippen LogP contribution < -0.4 is 10.6 Å². The Bertz CT molecular complexity index is 735. The molecule has 0 unspecified atom stereocenters. The van der Waals surface area contributed by atoms with Gasteiger partial charge in [-0.1, -0.05) is 25.1 Å². The summed E-state index contributed by atoms with van der Waals surface area (Å²) in [4.78, 5) is 12.0. The van der Waals surface area contributed by atoms with Crippen LogP contribution in [0.1, 0.15) is 18.9 Å². The maximum atomic E-state index is 4.45. The highest BCUT2D eigenvalue weighted by atomic mass is 15.1. The number of benzene rings is 1. The van der Waals surface area contributed by atoms with Crippen molar-refractivity contribution in [1.29, 1.82) is 0 Å². The third kappa shape index (κ3) is 3.36. The fourth-order valence-electron chi connectivity index (χ4n) is 2.44. The quantitative estimate of drug-likeness (QED) is 0.625. The second-order valence-electron chi connectivity index (χ2n) is 5.23. The SMILES string of the molecule is CCCNc1ccnc(NCCc2c[nH]c3ccccc23)n1. The monoisotopic (exact) mass is 295 g/mol. The number of anilines is 2. The van der Waals surface area contributed by atoms with E-state index in [-0.39, 0.29) is 0 Å². The maximum Gasteiger partial charge on any atom is 0.224 e. The summed E-state index contributed by atoms with van der Waals surface area (Å²) < 4.78 is 0. The van der Waals surface area contributed by atoms with Crippen molar-refractivity contribution >= 4 is 22.7 Å². The lowest BCUT2D eigenvalue weighted by molar-refractivity contribution is 0.955. The largest absolute Gasteiger partial charge is 0.370 e. The van der Waals surface area contributed by atoms with Crippen LogP contribution in [-0.4, -0.2) is 28.0 Å². The summed E-state index contributed by atoms with van der Waals surface area (Å²) in [5.41, 5.74) is 2.49. The summed E-state index contributed by atoms with van der Waals surface area (Å²) >= 11 is 0. The topological polar surface area (TPSA) is 65.6 Å². The average Bonchev–Trinajstić information content (AvgIpc) is 2.97. The molecule has 5 heteroatoms. The Kier molecular flexibility index (Phi) is 4.53. The highest BCUT2D eigenvalue weighted by molar-refractivity contribution is 5.83. The summed E-state index contributed by atoms with van der Waals surface area (Å²) in [5, 5.41) is 7.84. The van der Waals surface area contributed by atoms with Gasteiger partial charge in [0.15, 0.2) is 0 Å². The summed E-state index contributed by atoms with van der Waals surface area (Å²) in [6.45, 7) is 3.86. The Morgan fingerprint density at radius 3 is 2.91 bits per heavy atom. The molecule has 1 aromatic carbocycles. The summed E-state index contributed by atoms with van der Waals surface area (Å²) in [6.07, 6.45) is 5.86. The first kappa shape index (κ1) is 14.4. The molecule has 0 aliphatic carbocycles. The van der Waals surface area contributed by atoms with Gasteiger partial charge in [0.05, 0.1) is 0 Å². The van der Waals surface area contributed by atoms with Crippen LogP contribution >= 0.6 is 0 Å². The molecule has 0 fully saturated rings. The number of hydrogen-bond acceptors (Lipinski definition) is 4. The van der Waals surface area contributed by atoms with Gasteiger partial charge in [0, 0.05) is 36.4 Å². The van der Waals surface area contributed by atoms with Crippen LogP contribution in [0.4, 0.5) is 11.8 Å². The van der Waals surface area contributed by atoms with Crippen LogP contribution in [0.2, 0.25) is 0 Å². The standard InChI is InChI=1S/C17H21N5/c1-2-9-18-16-8-11-20-17(22-16)19-10-7-13-12-21-15-6-4-3-5-14(13)15/h3-6,8,11-12,21H,2,7,9-10H2,1H3,(H2,18,19,20,22). The minimum absolute atomic E-state index is 0.668. The number of hydrogen-bond donors (Lipinski definition) is 3. The zero-order valence-corrected chi connectivity index (χ0v) is 12.8. The predicted molar refractivity (Wildman–Crippen MR) is 91.3 cm³/mol. The third-order valence-corrected chi connectivity index (χ3v) is 3.56. The van der Waals surface area contributed by atoms with E-state index in [0.29, 0.717) is 5.95 Å². The Morgan fingerprint density at radius 1 is 1.09 bits per heavy atom. The van der Waals surface area contributed by atoms with E-state index in [4.69, 9.17) is 0 Å². The molecule has 0 saturated heterocycles. The number of nitrogens with zero attached hydrogens (tertiary/aromatic N) is 2. The van der Waals surface area contributed by atoms with Gasteiger partial charge in [-0.15, -0.1) is 0 Å². The molecule has 0 atom stereocenters. The second-order valence-corrected chi connectivity index (χ2v) is 5.23. The fraction of sp³-hybridized carbons (Fsp3) is 0.294. The van der Waals surface area contributed by atoms with Crippen molar-refractivity contribution in [3.63, 3.8) is 0 Å². The van der Waals surface area contributed by atoms with Gasteiger partial charge in [-0.05, 0) is 30.5 Å². The van der Waals surface area contributed by atoms with Crippen LogP contribution in [0, 0.1) is 0 Å². The van der Waals surface area contributed by atoms with Crippen molar-refractivity contribution < 1.29 is 0 Å². The average molecular weight is 295 g/mol. The van der Waals surface area contributed by atoms with Gasteiger partial charge in [-0.3, -0.25) is 0 Å². The molecule has 0 aliphatic rings. The number of para-hydroxylation sites is 1. The van der Waals surface area contributed by atoms with Crippen LogP contribution in [0.5, 0.6) is 0 Å². The summed E-state index contributed by atoms with van der Waals surface area (Å²) in [7, 11) is 0. The molecular formula is C17H21N5. The second kappa shape index (κ2) is 6.93. The Hall–Kier alpha value is -2.56. The first-order valence-electron chi connectivity index (χ1n) is 7.72. The van der Waals surface area contributed by atoms with Crippen molar-refractivity contribution in [3.05, 3.63) is 48.3 Å². The minimum atomic E-state index is 0.668. The van der Waals surface area contributed by atoms with E-state index in [1.807, 2.05) is 12.1 Å². The van der Waals surface area contributed by atoms with E-state index in [1.165, 1.54) is 16.5 Å². The first-order chi connectivity index (χ1) is 10.9. The summed E-state index contributed by atoms with van der Waals surface area (Å²) in [5.74, 6) is 1.53. The number of aromatic amines is 1. The van der Waals surface area contributed by atoms with Gasteiger partial charge in [-0.2, -0.15) is 4.98 Å². The zero-order valence-electron chi connectivity index (χ0n) is 12.8. The minimum Gasteiger partial charge on any atom is -0.370 e. The van der Waals surface area contributed by atoms with Gasteiger partial charge >= 0.3 is 0 Å². The Balaban J connectivity index is 1.59. The lowest BCUT2D eigenvalue weighted by Crippen LogP contribution is -2.09. The normalized spacial score (nSPS) is 10.8. The molecule has 2 heterocycles. The molecule has 0 aliphatic heterocycles. The summed E-state index contributed by atoms with van der Waals surface area (Å²) in [6, 6.07) is 10.2. The lowest BCUT2D eigenvalue weighted by atomic mass is 10.1. The first-order valence-corrected chi connectivity index (χ1v) is 7.72. The highest BCUT2D eigenvalue weighted by Crippen LogP contribution is 2.18. The molecule has 114 valence electrons. The molecule has 3 N–H and O–H groups in total. The molecule has 22 heavy (non-hydrogen) atoms. The van der Waals surface area contributed by atoms with Crippen molar-refractivity contribution in [2.75, 3.05) is 23.7 Å². The molecule has 0 radical (unpaired) electrons. The molecule has 2 aromatic heterocycles. The van der Waals surface area contributed by atoms with Crippen LogP contribution in [0.3, 0.4) is 0 Å². The van der Waals surface area contributed by atoms with Crippen LogP contribution in [0.25, 0.3) is 10.9 Å². The van der Waals surface area contributed by atoms with E-state index in [1.54, 1.807) is 6.20 Å². The lowest BCUT2D eigenvalue weighted by Gasteiger charge is -2.07. The number of nitrogens with one attached hydrogen (secondary N) is 3. The molecule has 5 nitrogen and oxygen atoms in total. The van der Waals surface area contributed by atoms with Gasteiger partial charge in [0.1, 0.15) is 5.82 Å². The van der Waals surface area contributed by atoms with E-state index in [2.05, 4.69) is 56.9 Å². The molecule has 0 amide bonds. The fourth-order valence-corrected chi connectivity index (χ4v) is 2.44. The molecule has 0 saturated carbocycles. The molecule has 3 rings (SSSR count). The van der Waals surface area contributed by atoms with Gasteiger partial charge in [0.25, 0.3) is 0 Å². The number of fused-ring (bicyclic) bond motifs is 1. The smallest absolute Gasteiger partial charge is 0.224 e. The zero-order chi connectivity index (χ0) is 15.2. The third-order valence-electron chi connectivity index (χ3n) is 3.56. The van der Waals surface area contributed by atoms with Gasteiger partial charge in [0.2, 0.25) is 5.95 Å².